The molecule has 0 saturated carbocycles. The van der Waals surface area contributed by atoms with Crippen LogP contribution in [0.25, 0.3) is 0 Å². The van der Waals surface area contributed by atoms with Crippen LogP contribution in [0.5, 0.6) is 0 Å². The van der Waals surface area contributed by atoms with Crippen molar-refractivity contribution in [2.75, 3.05) is 0 Å². The van der Waals surface area contributed by atoms with Crippen LogP contribution in [0.3, 0.4) is 0 Å². The Kier molecular flexibility index (Phi) is 3.16. The number of aliphatic imine (C=N–C) groups is 1. The Bertz CT molecular complexity index is 399. The van der Waals surface area contributed by atoms with Gasteiger partial charge in [-0.05, 0) is 6.92 Å². The molecule has 88 valence electrons. The molecule has 1 aliphatic heterocycles. The fourth-order valence-corrected chi connectivity index (χ4v) is 1.11. The number of rotatable bonds is 1. The predicted molar refractivity (Wildman–Crippen MR) is 57.4 cm³/mol. The zero-order valence-corrected chi connectivity index (χ0v) is 10.1. The first-order valence-electron chi connectivity index (χ1n) is 4.92. The van der Waals surface area contributed by atoms with Crippen LogP contribution in [0.1, 0.15) is 34.6 Å². The lowest BCUT2D eigenvalue weighted by atomic mass is 9.97. The minimum atomic E-state index is -0.580. The highest BCUT2D eigenvalue weighted by Gasteiger charge is 2.33. The quantitative estimate of drug-likeness (QED) is 0.387. The third-order valence-corrected chi connectivity index (χ3v) is 1.87. The second-order valence-electron chi connectivity index (χ2n) is 4.55. The van der Waals surface area contributed by atoms with Gasteiger partial charge in [0, 0.05) is 12.3 Å². The van der Waals surface area contributed by atoms with Crippen LogP contribution in [0.4, 0.5) is 0 Å². The van der Waals surface area contributed by atoms with E-state index < -0.39 is 11.9 Å². The third-order valence-electron chi connectivity index (χ3n) is 1.87. The van der Waals surface area contributed by atoms with E-state index in [4.69, 9.17) is 9.47 Å². The van der Waals surface area contributed by atoms with Crippen molar-refractivity contribution in [1.82, 2.24) is 0 Å². The predicted octanol–water partition coefficient (Wildman–Crippen LogP) is 1.78. The molecule has 0 bridgehead atoms. The van der Waals surface area contributed by atoms with Crippen molar-refractivity contribution in [3.63, 3.8) is 0 Å². The van der Waals surface area contributed by atoms with E-state index in [9.17, 15) is 9.59 Å². The van der Waals surface area contributed by atoms with Crippen LogP contribution in [0.2, 0.25) is 0 Å². The lowest BCUT2D eigenvalue weighted by Crippen LogP contribution is -2.21. The molecule has 1 heterocycles. The van der Waals surface area contributed by atoms with Crippen molar-refractivity contribution in [2.24, 2.45) is 10.4 Å². The first kappa shape index (κ1) is 12.4. The molecule has 5 heteroatoms. The van der Waals surface area contributed by atoms with Crippen molar-refractivity contribution in [1.29, 1.82) is 0 Å². The van der Waals surface area contributed by atoms with E-state index >= 15 is 0 Å². The van der Waals surface area contributed by atoms with Gasteiger partial charge in [0.1, 0.15) is 5.76 Å². The number of nitrogens with zero attached hydrogens (tertiary/aromatic N) is 1. The molecule has 0 atom stereocenters. The molecule has 0 saturated heterocycles. The lowest BCUT2D eigenvalue weighted by Gasteiger charge is -2.15. The molecule has 16 heavy (non-hydrogen) atoms. The number of ether oxygens (including phenoxy) is 2. The topological polar surface area (TPSA) is 65.0 Å². The van der Waals surface area contributed by atoms with Crippen LogP contribution >= 0.6 is 0 Å². The molecule has 1 aliphatic rings. The van der Waals surface area contributed by atoms with Crippen molar-refractivity contribution in [3.8, 4) is 0 Å². The Morgan fingerprint density at radius 3 is 2.25 bits per heavy atom. The smallest absolute Gasteiger partial charge is 0.367 e. The minimum absolute atomic E-state index is 0.0557. The number of hydrogen-bond acceptors (Lipinski definition) is 5. The fraction of sp³-hybridized carbons (Fsp3) is 0.545. The molecule has 1 rings (SSSR count). The van der Waals surface area contributed by atoms with Crippen molar-refractivity contribution >= 4 is 17.8 Å². The Balaban J connectivity index is 3.03. The van der Waals surface area contributed by atoms with Crippen molar-refractivity contribution in [2.45, 2.75) is 34.6 Å². The Labute approximate surface area is 94.1 Å². The summed E-state index contributed by atoms with van der Waals surface area (Å²) >= 11 is 0. The SMILES string of the molecule is CC(=O)OC(C)=C1N=C(C(C)(C)C)OC1=O. The largest absolute Gasteiger partial charge is 0.429 e. The van der Waals surface area contributed by atoms with Crippen LogP contribution < -0.4 is 0 Å². The molecule has 0 aromatic rings. The van der Waals surface area contributed by atoms with Gasteiger partial charge in [0.2, 0.25) is 5.90 Å². The summed E-state index contributed by atoms with van der Waals surface area (Å²) in [7, 11) is 0. The zero-order valence-electron chi connectivity index (χ0n) is 10.1. The average molecular weight is 225 g/mol. The van der Waals surface area contributed by atoms with Gasteiger partial charge in [0.25, 0.3) is 0 Å². The molecule has 0 N–H and O–H groups in total. The summed E-state index contributed by atoms with van der Waals surface area (Å²) in [5, 5.41) is 0. The highest BCUT2D eigenvalue weighted by atomic mass is 16.6. The maximum Gasteiger partial charge on any atom is 0.367 e. The number of carbonyl (C=O) groups excluding carboxylic acids is 2. The molecule has 0 aromatic carbocycles. The van der Waals surface area contributed by atoms with E-state index in [0.29, 0.717) is 5.90 Å². The zero-order chi connectivity index (χ0) is 12.5. The molecule has 0 unspecified atom stereocenters. The number of allylic oxidation sites excluding steroid dienone is 1. The first-order valence-corrected chi connectivity index (χ1v) is 4.92. The minimum Gasteiger partial charge on any atom is -0.429 e. The highest BCUT2D eigenvalue weighted by Crippen LogP contribution is 2.26. The van der Waals surface area contributed by atoms with E-state index in [2.05, 4.69) is 4.99 Å². The number of cyclic esters (lactones) is 1. The second-order valence-corrected chi connectivity index (χ2v) is 4.55. The van der Waals surface area contributed by atoms with Gasteiger partial charge in [-0.1, -0.05) is 20.8 Å². The third kappa shape index (κ3) is 2.68. The summed E-state index contributed by atoms with van der Waals surface area (Å²) < 4.78 is 9.80. The van der Waals surface area contributed by atoms with Crippen LogP contribution in [0, 0.1) is 5.41 Å². The fourth-order valence-electron chi connectivity index (χ4n) is 1.11. The van der Waals surface area contributed by atoms with Gasteiger partial charge < -0.3 is 9.47 Å². The monoisotopic (exact) mass is 225 g/mol. The standard InChI is InChI=1S/C11H15NO4/c1-6(15-7(2)13)8-9(14)16-10(12-8)11(3,4)5/h1-5H3. The first-order chi connectivity index (χ1) is 7.21. The summed E-state index contributed by atoms with van der Waals surface area (Å²) in [6.45, 7) is 8.40. The van der Waals surface area contributed by atoms with Gasteiger partial charge in [-0.2, -0.15) is 0 Å². The van der Waals surface area contributed by atoms with Gasteiger partial charge in [-0.3, -0.25) is 4.79 Å². The molecule has 0 amide bonds. The highest BCUT2D eigenvalue weighted by molar-refractivity contribution is 6.06. The normalized spacial score (nSPS) is 19.1. The molecule has 0 aliphatic carbocycles. The molecular weight excluding hydrogens is 210 g/mol. The van der Waals surface area contributed by atoms with Gasteiger partial charge in [-0.15, -0.1) is 0 Å². The van der Waals surface area contributed by atoms with Crippen LogP contribution in [-0.4, -0.2) is 17.8 Å². The van der Waals surface area contributed by atoms with E-state index in [-0.39, 0.29) is 16.9 Å². The van der Waals surface area contributed by atoms with Gasteiger partial charge in [0.15, 0.2) is 5.70 Å². The number of hydrogen-bond donors (Lipinski definition) is 0. The molecule has 0 radical (unpaired) electrons. The number of esters is 2. The maximum atomic E-state index is 11.5. The van der Waals surface area contributed by atoms with Crippen molar-refractivity contribution in [3.05, 3.63) is 11.5 Å². The lowest BCUT2D eigenvalue weighted by molar-refractivity contribution is -0.137. The second kappa shape index (κ2) is 4.08. The van der Waals surface area contributed by atoms with E-state index in [1.807, 2.05) is 20.8 Å². The molecular formula is C11H15NO4. The summed E-state index contributed by atoms with van der Waals surface area (Å²) in [4.78, 5) is 26.2. The van der Waals surface area contributed by atoms with Crippen molar-refractivity contribution < 1.29 is 19.1 Å². The average Bonchev–Trinajstić information content (AvgIpc) is 2.44. The van der Waals surface area contributed by atoms with Crippen LogP contribution in [-0.2, 0) is 19.1 Å². The van der Waals surface area contributed by atoms with E-state index in [1.165, 1.54) is 13.8 Å². The Hall–Kier alpha value is -1.65. The molecule has 0 aromatic heterocycles. The summed E-state index contributed by atoms with van der Waals surface area (Å²) in [6, 6.07) is 0. The molecule has 5 nitrogen and oxygen atoms in total. The van der Waals surface area contributed by atoms with Gasteiger partial charge in [-0.25, -0.2) is 9.79 Å². The summed E-state index contributed by atoms with van der Waals surface area (Å²) in [6.07, 6.45) is 0. The van der Waals surface area contributed by atoms with E-state index in [0.717, 1.165) is 0 Å². The number of carbonyl (C=O) groups is 2. The van der Waals surface area contributed by atoms with Gasteiger partial charge >= 0.3 is 11.9 Å². The van der Waals surface area contributed by atoms with Gasteiger partial charge in [0.05, 0.1) is 0 Å². The Morgan fingerprint density at radius 1 is 1.31 bits per heavy atom. The molecule has 0 spiro atoms. The Morgan fingerprint density at radius 2 is 1.88 bits per heavy atom. The van der Waals surface area contributed by atoms with Crippen LogP contribution in [0.15, 0.2) is 16.4 Å². The van der Waals surface area contributed by atoms with E-state index in [1.54, 1.807) is 0 Å². The summed E-state index contributed by atoms with van der Waals surface area (Å²) in [5.41, 5.74) is -0.298. The maximum absolute atomic E-state index is 11.5. The summed E-state index contributed by atoms with van der Waals surface area (Å²) in [5.74, 6) is -0.573. The molecule has 0 fully saturated rings.